The fourth-order valence-electron chi connectivity index (χ4n) is 6.02. The summed E-state index contributed by atoms with van der Waals surface area (Å²) in [6, 6.07) is 0. The van der Waals surface area contributed by atoms with Crippen molar-refractivity contribution in [1.82, 2.24) is 0 Å². The summed E-state index contributed by atoms with van der Waals surface area (Å²) >= 11 is 0. The zero-order valence-corrected chi connectivity index (χ0v) is 27.3. The molecule has 42 heavy (non-hydrogen) atoms. The predicted octanol–water partition coefficient (Wildman–Crippen LogP) is 5.64. The maximum Gasteiger partial charge on any atom is 0.354 e. The van der Waals surface area contributed by atoms with Gasteiger partial charge in [-0.2, -0.15) is 0 Å². The van der Waals surface area contributed by atoms with Gasteiger partial charge in [0.05, 0.1) is 19.8 Å². The molecule has 246 valence electrons. The molecule has 6 atom stereocenters. The van der Waals surface area contributed by atoms with Gasteiger partial charge in [0.1, 0.15) is 0 Å². The Kier molecular flexibility index (Phi) is 17.2. The number of carbonyl (C=O) groups excluding carboxylic acids is 3. The van der Waals surface area contributed by atoms with Crippen molar-refractivity contribution in [2.75, 3.05) is 19.8 Å². The summed E-state index contributed by atoms with van der Waals surface area (Å²) in [6.45, 7) is 9.49. The van der Waals surface area contributed by atoms with Crippen LogP contribution in [0.1, 0.15) is 138 Å². The molecule has 1 aliphatic rings. The average Bonchev–Trinajstić information content (AvgIpc) is 3.02. The molecule has 0 amide bonds. The molecule has 1 heterocycles. The van der Waals surface area contributed by atoms with Gasteiger partial charge in [0.2, 0.25) is 16.8 Å². The van der Waals surface area contributed by atoms with Crippen LogP contribution in [0.2, 0.25) is 0 Å². The van der Waals surface area contributed by atoms with E-state index in [1.165, 1.54) is 0 Å². The van der Waals surface area contributed by atoms with E-state index >= 15 is 0 Å². The first-order valence-corrected chi connectivity index (χ1v) is 16.6. The molecule has 9 nitrogen and oxygen atoms in total. The van der Waals surface area contributed by atoms with Crippen molar-refractivity contribution >= 4 is 17.9 Å². The summed E-state index contributed by atoms with van der Waals surface area (Å²) in [4.78, 5) is 42.1. The van der Waals surface area contributed by atoms with Gasteiger partial charge in [-0.15, -0.1) is 0 Å². The lowest BCUT2D eigenvalue weighted by Crippen LogP contribution is -2.55. The van der Waals surface area contributed by atoms with Crippen molar-refractivity contribution in [3.8, 4) is 0 Å². The molecule has 0 aromatic carbocycles. The van der Waals surface area contributed by atoms with Crippen LogP contribution < -0.4 is 0 Å². The number of carbonyl (C=O) groups is 3. The lowest BCUT2D eigenvalue weighted by molar-refractivity contribution is -0.205. The second-order valence-corrected chi connectivity index (χ2v) is 12.5. The van der Waals surface area contributed by atoms with Crippen LogP contribution in [0.4, 0.5) is 0 Å². The van der Waals surface area contributed by atoms with E-state index in [2.05, 4.69) is 20.8 Å². The number of aliphatic hydroxyl groups is 3. The zero-order chi connectivity index (χ0) is 31.8. The van der Waals surface area contributed by atoms with Crippen LogP contribution >= 0.6 is 0 Å². The molecule has 0 aromatic rings. The molecule has 3 N–H and O–H groups in total. The van der Waals surface area contributed by atoms with E-state index in [0.29, 0.717) is 19.3 Å². The summed E-state index contributed by atoms with van der Waals surface area (Å²) in [6.07, 6.45) is 9.66. The van der Waals surface area contributed by atoms with Crippen LogP contribution in [0.5, 0.6) is 0 Å². The van der Waals surface area contributed by atoms with E-state index in [4.69, 9.17) is 14.2 Å². The average molecular weight is 601 g/mol. The molecule has 0 spiro atoms. The molecule has 9 heteroatoms. The van der Waals surface area contributed by atoms with Crippen molar-refractivity contribution < 1.29 is 43.9 Å². The van der Waals surface area contributed by atoms with E-state index in [1.54, 1.807) is 0 Å². The normalized spacial score (nSPS) is 27.2. The third-order valence-electron chi connectivity index (χ3n) is 9.23. The van der Waals surface area contributed by atoms with Crippen molar-refractivity contribution in [2.24, 2.45) is 17.8 Å². The second-order valence-electron chi connectivity index (χ2n) is 12.5. The Morgan fingerprint density at radius 2 is 0.738 bits per heavy atom. The Balaban J connectivity index is 3.81. The summed E-state index contributed by atoms with van der Waals surface area (Å²) in [5.74, 6) is -3.46. The van der Waals surface area contributed by atoms with Crippen molar-refractivity contribution in [3.63, 3.8) is 0 Å². The van der Waals surface area contributed by atoms with Crippen LogP contribution in [0.25, 0.3) is 0 Å². The molecule has 1 saturated heterocycles. The Hall–Kier alpha value is -1.71. The van der Waals surface area contributed by atoms with E-state index < -0.39 is 54.5 Å². The monoisotopic (exact) mass is 600 g/mol. The van der Waals surface area contributed by atoms with Crippen molar-refractivity contribution in [2.45, 2.75) is 155 Å². The fourth-order valence-corrected chi connectivity index (χ4v) is 6.02. The SMILES string of the molecule is CCCCC(CC)CC1(CO)OC(=O)C(CO)(CC(CC)CCCC)OC(=O)C(CO)(CC(CC)CCCC)OC1=O. The largest absolute Gasteiger partial charge is 0.441 e. The van der Waals surface area contributed by atoms with Gasteiger partial charge in [0.15, 0.2) is 0 Å². The standard InChI is InChI=1S/C33H60O9/c1-7-13-16-25(10-4)19-31(22-34)28(37)41-33(24-36,21-27(12-6)18-15-9-3)30(39)42-32(23-35,29(38)40-31)20-26(11-5)17-14-8-2/h25-27,34-36H,7-24H2,1-6H3. The molecular formula is C33H60O9. The van der Waals surface area contributed by atoms with Crippen molar-refractivity contribution in [1.29, 1.82) is 0 Å². The maximum absolute atomic E-state index is 14.0. The van der Waals surface area contributed by atoms with Gasteiger partial charge in [-0.25, -0.2) is 14.4 Å². The molecule has 1 aliphatic heterocycles. The number of unbranched alkanes of at least 4 members (excludes halogenated alkanes) is 3. The first-order chi connectivity index (χ1) is 20.0. The van der Waals surface area contributed by atoms with Gasteiger partial charge in [-0.05, 0) is 17.8 Å². The zero-order valence-electron chi connectivity index (χ0n) is 27.3. The molecule has 0 aliphatic carbocycles. The highest BCUT2D eigenvalue weighted by atomic mass is 16.7. The molecule has 0 radical (unpaired) electrons. The molecule has 0 bridgehead atoms. The third kappa shape index (κ3) is 9.91. The Bertz CT molecular complexity index is 713. The first-order valence-electron chi connectivity index (χ1n) is 16.6. The topological polar surface area (TPSA) is 140 Å². The number of hydrogen-bond donors (Lipinski definition) is 3. The van der Waals surface area contributed by atoms with Gasteiger partial charge in [-0.3, -0.25) is 0 Å². The summed E-state index contributed by atoms with van der Waals surface area (Å²) in [5.41, 5.74) is -6.34. The molecule has 0 aromatic heterocycles. The predicted molar refractivity (Wildman–Crippen MR) is 161 cm³/mol. The van der Waals surface area contributed by atoms with E-state index in [-0.39, 0.29) is 37.0 Å². The highest BCUT2D eigenvalue weighted by molar-refractivity contribution is 5.93. The Labute approximate surface area is 254 Å². The van der Waals surface area contributed by atoms with Gasteiger partial charge in [0, 0.05) is 19.3 Å². The van der Waals surface area contributed by atoms with Crippen LogP contribution in [-0.4, -0.2) is 69.9 Å². The quantitative estimate of drug-likeness (QED) is 0.113. The van der Waals surface area contributed by atoms with Gasteiger partial charge in [-0.1, -0.05) is 119 Å². The molecule has 6 unspecified atom stereocenters. The smallest absolute Gasteiger partial charge is 0.354 e. The van der Waals surface area contributed by atoms with Crippen LogP contribution in [0.3, 0.4) is 0 Å². The lowest BCUT2D eigenvalue weighted by Gasteiger charge is -2.36. The lowest BCUT2D eigenvalue weighted by atomic mass is 9.84. The van der Waals surface area contributed by atoms with Crippen LogP contribution in [-0.2, 0) is 28.6 Å². The summed E-state index contributed by atoms with van der Waals surface area (Å²) in [7, 11) is 0. The minimum absolute atomic E-state index is 0.0120. The van der Waals surface area contributed by atoms with Gasteiger partial charge < -0.3 is 29.5 Å². The number of cyclic esters (lactones) is 3. The fraction of sp³-hybridized carbons (Fsp3) is 0.909. The van der Waals surface area contributed by atoms with Gasteiger partial charge >= 0.3 is 17.9 Å². The molecule has 0 saturated carbocycles. The molecule has 1 rings (SSSR count). The minimum atomic E-state index is -2.11. The van der Waals surface area contributed by atoms with E-state index in [1.807, 2.05) is 20.8 Å². The summed E-state index contributed by atoms with van der Waals surface area (Å²) in [5, 5.41) is 32.2. The highest BCUT2D eigenvalue weighted by Gasteiger charge is 2.59. The maximum atomic E-state index is 14.0. The highest BCUT2D eigenvalue weighted by Crippen LogP contribution is 2.39. The number of aliphatic hydroxyl groups excluding tert-OH is 3. The number of rotatable bonds is 21. The van der Waals surface area contributed by atoms with E-state index in [9.17, 15) is 29.7 Å². The third-order valence-corrected chi connectivity index (χ3v) is 9.23. The second kappa shape index (κ2) is 18.8. The Morgan fingerprint density at radius 1 is 0.500 bits per heavy atom. The first kappa shape index (κ1) is 38.3. The van der Waals surface area contributed by atoms with Crippen LogP contribution in [0, 0.1) is 17.8 Å². The number of esters is 3. The molecule has 1 fully saturated rings. The van der Waals surface area contributed by atoms with E-state index in [0.717, 1.165) is 57.8 Å². The molecular weight excluding hydrogens is 540 g/mol. The number of hydrogen-bond acceptors (Lipinski definition) is 9. The summed E-state index contributed by atoms with van der Waals surface area (Å²) < 4.78 is 17.7. The number of ether oxygens (including phenoxy) is 3. The Morgan fingerprint density at radius 3 is 0.905 bits per heavy atom. The van der Waals surface area contributed by atoms with Gasteiger partial charge in [0.25, 0.3) is 0 Å². The van der Waals surface area contributed by atoms with Crippen molar-refractivity contribution in [3.05, 3.63) is 0 Å². The minimum Gasteiger partial charge on any atom is -0.441 e. The van der Waals surface area contributed by atoms with Crippen LogP contribution in [0.15, 0.2) is 0 Å².